The summed E-state index contributed by atoms with van der Waals surface area (Å²) in [4.78, 5) is 34.1. The van der Waals surface area contributed by atoms with Crippen LogP contribution in [0.25, 0.3) is 0 Å². The largest absolute Gasteiger partial charge is 0.482 e. The summed E-state index contributed by atoms with van der Waals surface area (Å²) in [6.07, 6.45) is 1.41. The molecule has 0 spiro atoms. The molecule has 0 saturated heterocycles. The average molecular weight is 434 g/mol. The van der Waals surface area contributed by atoms with Gasteiger partial charge >= 0.3 is 5.97 Å². The lowest BCUT2D eigenvalue weighted by Gasteiger charge is -2.05. The predicted molar refractivity (Wildman–Crippen MR) is 102 cm³/mol. The molecule has 0 unspecified atom stereocenters. The van der Waals surface area contributed by atoms with Crippen LogP contribution in [0, 0.1) is 0 Å². The Morgan fingerprint density at radius 3 is 2.56 bits per heavy atom. The molecule has 0 heterocycles. The number of carboxylic acids is 1. The monoisotopic (exact) mass is 433 g/mol. The highest BCUT2D eigenvalue weighted by Gasteiger charge is 2.07. The van der Waals surface area contributed by atoms with Gasteiger partial charge in [0.2, 0.25) is 0 Å². The molecule has 0 aliphatic heterocycles. The molecular weight excluding hydrogens is 418 g/mol. The van der Waals surface area contributed by atoms with Gasteiger partial charge in [-0.15, -0.1) is 0 Å². The normalized spacial score (nSPS) is 10.4. The van der Waals surface area contributed by atoms with Crippen molar-refractivity contribution in [3.63, 3.8) is 0 Å². The van der Waals surface area contributed by atoms with E-state index in [1.165, 1.54) is 6.21 Å². The number of carbonyl (C=O) groups is 3. The Labute approximate surface area is 163 Å². The van der Waals surface area contributed by atoms with Gasteiger partial charge < -0.3 is 15.2 Å². The van der Waals surface area contributed by atoms with Crippen LogP contribution in [0.1, 0.15) is 15.9 Å². The first-order valence-corrected chi connectivity index (χ1v) is 8.53. The summed E-state index contributed by atoms with van der Waals surface area (Å²) >= 11 is 3.27. The third-order valence-corrected chi connectivity index (χ3v) is 3.63. The number of aliphatic carboxylic acids is 1. The summed E-state index contributed by atoms with van der Waals surface area (Å²) in [6.45, 7) is -0.639. The summed E-state index contributed by atoms with van der Waals surface area (Å²) in [5.41, 5.74) is 3.41. The zero-order valence-corrected chi connectivity index (χ0v) is 15.6. The minimum atomic E-state index is -1.06. The van der Waals surface area contributed by atoms with Gasteiger partial charge in [-0.05, 0) is 48.0 Å². The molecule has 0 atom stereocenters. The third kappa shape index (κ3) is 7.28. The van der Waals surface area contributed by atoms with E-state index in [9.17, 15) is 14.4 Å². The maximum absolute atomic E-state index is 11.9. The summed E-state index contributed by atoms with van der Waals surface area (Å²) < 4.78 is 5.77. The number of ether oxygens (including phenoxy) is 1. The first-order valence-electron chi connectivity index (χ1n) is 7.74. The van der Waals surface area contributed by atoms with E-state index in [1.54, 1.807) is 48.5 Å². The third-order valence-electron chi connectivity index (χ3n) is 3.14. The molecule has 0 aliphatic carbocycles. The zero-order chi connectivity index (χ0) is 19.6. The molecule has 2 aromatic carbocycles. The van der Waals surface area contributed by atoms with Gasteiger partial charge in [0, 0.05) is 10.0 Å². The highest BCUT2D eigenvalue weighted by atomic mass is 79.9. The molecule has 0 radical (unpaired) electrons. The molecule has 0 saturated carbocycles. The first-order chi connectivity index (χ1) is 12.9. The van der Waals surface area contributed by atoms with Crippen molar-refractivity contribution in [1.29, 1.82) is 0 Å². The lowest BCUT2D eigenvalue weighted by atomic mass is 10.2. The number of carbonyl (C=O) groups excluding carboxylic acids is 2. The van der Waals surface area contributed by atoms with Crippen LogP contribution >= 0.6 is 15.9 Å². The lowest BCUT2D eigenvalue weighted by Crippen LogP contribution is -2.34. The van der Waals surface area contributed by atoms with E-state index >= 15 is 0 Å². The molecule has 3 N–H and O–H groups in total. The fraction of sp³-hybridized carbons (Fsp3) is 0.111. The number of hydrogen-bond acceptors (Lipinski definition) is 5. The second-order valence-electron chi connectivity index (χ2n) is 5.24. The number of carboxylic acid groups (broad SMARTS) is 1. The van der Waals surface area contributed by atoms with Crippen LogP contribution < -0.4 is 15.5 Å². The minimum absolute atomic E-state index is 0.218. The summed E-state index contributed by atoms with van der Waals surface area (Å²) in [7, 11) is 0. The van der Waals surface area contributed by atoms with Crippen molar-refractivity contribution >= 4 is 39.9 Å². The maximum Gasteiger partial charge on any atom is 0.341 e. The Morgan fingerprint density at radius 2 is 1.89 bits per heavy atom. The van der Waals surface area contributed by atoms with E-state index in [0.717, 1.165) is 4.47 Å². The van der Waals surface area contributed by atoms with Gasteiger partial charge in [0.05, 0.1) is 12.8 Å². The Bertz CT molecular complexity index is 852. The molecule has 8 nitrogen and oxygen atoms in total. The van der Waals surface area contributed by atoms with Crippen molar-refractivity contribution in [3.8, 4) is 5.75 Å². The van der Waals surface area contributed by atoms with Gasteiger partial charge in [-0.2, -0.15) is 5.10 Å². The number of halogens is 1. The first kappa shape index (κ1) is 20.1. The van der Waals surface area contributed by atoms with Crippen molar-refractivity contribution < 1.29 is 24.2 Å². The predicted octanol–water partition coefficient (Wildman–Crippen LogP) is 1.79. The van der Waals surface area contributed by atoms with Gasteiger partial charge in [0.15, 0.2) is 6.61 Å². The highest BCUT2D eigenvalue weighted by Crippen LogP contribution is 2.11. The van der Waals surface area contributed by atoms with Crippen LogP contribution in [-0.2, 0) is 9.59 Å². The number of rotatable bonds is 8. The van der Waals surface area contributed by atoms with Crippen LogP contribution in [0.3, 0.4) is 0 Å². The molecule has 9 heteroatoms. The summed E-state index contributed by atoms with van der Waals surface area (Å²) in [5.74, 6) is -1.49. The van der Waals surface area contributed by atoms with Gasteiger partial charge in [-0.3, -0.25) is 9.59 Å². The molecule has 0 bridgehead atoms. The molecule has 0 fully saturated rings. The molecule has 2 amide bonds. The average Bonchev–Trinajstić information content (AvgIpc) is 2.65. The van der Waals surface area contributed by atoms with Gasteiger partial charge in [-0.25, -0.2) is 10.2 Å². The van der Waals surface area contributed by atoms with Crippen molar-refractivity contribution in [2.24, 2.45) is 5.10 Å². The second kappa shape index (κ2) is 10.1. The van der Waals surface area contributed by atoms with E-state index in [0.29, 0.717) is 16.9 Å². The Kier molecular flexibility index (Phi) is 7.50. The van der Waals surface area contributed by atoms with Crippen molar-refractivity contribution in [1.82, 2.24) is 10.7 Å². The van der Waals surface area contributed by atoms with Crippen LogP contribution in [-0.4, -0.2) is 42.3 Å². The van der Waals surface area contributed by atoms with E-state index in [2.05, 4.69) is 31.8 Å². The number of benzene rings is 2. The maximum atomic E-state index is 11.9. The van der Waals surface area contributed by atoms with E-state index in [1.807, 2.05) is 0 Å². The minimum Gasteiger partial charge on any atom is -0.482 e. The van der Waals surface area contributed by atoms with Gasteiger partial charge in [0.25, 0.3) is 11.8 Å². The smallest absolute Gasteiger partial charge is 0.341 e. The molecule has 0 aromatic heterocycles. The standard InChI is InChI=1S/C18H16BrN3O5/c19-14-3-1-2-13(8-14)18(26)20-10-16(23)22-21-9-12-4-6-15(7-5-12)27-11-17(24)25/h1-9H,10-11H2,(H,20,26)(H,22,23)(H,24,25)/b21-9+. The van der Waals surface area contributed by atoms with Gasteiger partial charge in [-0.1, -0.05) is 22.0 Å². The molecular formula is C18H16BrN3O5. The fourth-order valence-corrected chi connectivity index (χ4v) is 2.31. The van der Waals surface area contributed by atoms with E-state index in [4.69, 9.17) is 9.84 Å². The number of hydrogen-bond donors (Lipinski definition) is 3. The van der Waals surface area contributed by atoms with Crippen LogP contribution in [0.4, 0.5) is 0 Å². The Balaban J connectivity index is 1.76. The number of hydrazone groups is 1. The molecule has 0 aliphatic rings. The quantitative estimate of drug-likeness (QED) is 0.433. The second-order valence-corrected chi connectivity index (χ2v) is 6.15. The lowest BCUT2D eigenvalue weighted by molar-refractivity contribution is -0.139. The summed E-state index contributed by atoms with van der Waals surface area (Å²) in [6, 6.07) is 13.3. The van der Waals surface area contributed by atoms with E-state index < -0.39 is 18.5 Å². The van der Waals surface area contributed by atoms with Crippen LogP contribution in [0.2, 0.25) is 0 Å². The molecule has 2 rings (SSSR count). The van der Waals surface area contributed by atoms with Crippen LogP contribution in [0.15, 0.2) is 58.1 Å². The number of nitrogens with zero attached hydrogens (tertiary/aromatic N) is 1. The summed E-state index contributed by atoms with van der Waals surface area (Å²) in [5, 5.41) is 14.8. The van der Waals surface area contributed by atoms with Crippen molar-refractivity contribution in [2.45, 2.75) is 0 Å². The molecule has 140 valence electrons. The SMILES string of the molecule is O=C(O)COc1ccc(/C=N/NC(=O)CNC(=O)c2cccc(Br)c2)cc1. The fourth-order valence-electron chi connectivity index (χ4n) is 1.91. The zero-order valence-electron chi connectivity index (χ0n) is 14.0. The van der Waals surface area contributed by atoms with E-state index in [-0.39, 0.29) is 12.5 Å². The molecule has 27 heavy (non-hydrogen) atoms. The van der Waals surface area contributed by atoms with Crippen LogP contribution in [0.5, 0.6) is 5.75 Å². The Hall–Kier alpha value is -3.20. The molecule has 2 aromatic rings. The van der Waals surface area contributed by atoms with Gasteiger partial charge in [0.1, 0.15) is 5.75 Å². The topological polar surface area (TPSA) is 117 Å². The van der Waals surface area contributed by atoms with Crippen molar-refractivity contribution in [3.05, 3.63) is 64.1 Å². The van der Waals surface area contributed by atoms with Crippen molar-refractivity contribution in [2.75, 3.05) is 13.2 Å². The number of nitrogens with one attached hydrogen (secondary N) is 2. The highest BCUT2D eigenvalue weighted by molar-refractivity contribution is 9.10. The Morgan fingerprint density at radius 1 is 1.15 bits per heavy atom. The number of amides is 2.